The van der Waals surface area contributed by atoms with Gasteiger partial charge in [0.2, 0.25) is 0 Å². The van der Waals surface area contributed by atoms with Crippen molar-refractivity contribution in [2.24, 2.45) is 0 Å². The lowest BCUT2D eigenvalue weighted by atomic mass is 10.2. The second kappa shape index (κ2) is 5.08. The van der Waals surface area contributed by atoms with Gasteiger partial charge in [-0.2, -0.15) is 5.26 Å². The number of aryl methyl sites for hydroxylation is 1. The first-order valence-corrected chi connectivity index (χ1v) is 6.96. The molecule has 5 nitrogen and oxygen atoms in total. The highest BCUT2D eigenvalue weighted by Gasteiger charge is 2.15. The van der Waals surface area contributed by atoms with Crippen LogP contribution in [0.5, 0.6) is 0 Å². The topological polar surface area (TPSA) is 82.8 Å². The van der Waals surface area contributed by atoms with Crippen LogP contribution in [0.4, 0.5) is 5.69 Å². The number of sulfonamides is 1. The summed E-state index contributed by atoms with van der Waals surface area (Å²) in [6, 6.07) is 11.0. The number of rotatable bonds is 3. The first-order chi connectivity index (χ1) is 9.03. The fourth-order valence-electron chi connectivity index (χ4n) is 1.50. The molecule has 96 valence electrons. The molecular weight excluding hydrogens is 262 g/mol. The van der Waals surface area contributed by atoms with Crippen LogP contribution < -0.4 is 4.72 Å². The highest BCUT2D eigenvalue weighted by Crippen LogP contribution is 2.18. The highest BCUT2D eigenvalue weighted by molar-refractivity contribution is 7.92. The third-order valence-electron chi connectivity index (χ3n) is 2.54. The molecule has 0 aliphatic rings. The van der Waals surface area contributed by atoms with E-state index in [1.165, 1.54) is 24.3 Å². The van der Waals surface area contributed by atoms with E-state index in [0.29, 0.717) is 16.9 Å². The second-order valence-corrected chi connectivity index (χ2v) is 5.56. The summed E-state index contributed by atoms with van der Waals surface area (Å²) in [6.45, 7) is 1.72. The molecule has 0 saturated carbocycles. The average Bonchev–Trinajstić information content (AvgIpc) is 2.41. The number of nitrogens with zero attached hydrogens (tertiary/aromatic N) is 2. The normalized spacial score (nSPS) is 10.7. The van der Waals surface area contributed by atoms with Crippen LogP contribution in [0, 0.1) is 18.3 Å². The number of anilines is 1. The highest BCUT2D eigenvalue weighted by atomic mass is 32.2. The van der Waals surface area contributed by atoms with Crippen LogP contribution in [0.1, 0.15) is 11.3 Å². The molecule has 0 atom stereocenters. The average molecular weight is 273 g/mol. The molecule has 19 heavy (non-hydrogen) atoms. The molecule has 0 amide bonds. The van der Waals surface area contributed by atoms with E-state index in [4.69, 9.17) is 5.26 Å². The molecule has 1 heterocycles. The van der Waals surface area contributed by atoms with Gasteiger partial charge >= 0.3 is 0 Å². The third kappa shape index (κ3) is 2.89. The Balaban J connectivity index is 2.33. The Morgan fingerprint density at radius 1 is 1.21 bits per heavy atom. The molecule has 0 fully saturated rings. The van der Waals surface area contributed by atoms with Gasteiger partial charge in [-0.1, -0.05) is 0 Å². The summed E-state index contributed by atoms with van der Waals surface area (Å²) in [5.74, 6) is 0. The van der Waals surface area contributed by atoms with E-state index in [-0.39, 0.29) is 4.90 Å². The SMILES string of the molecule is Cc1ncccc1NS(=O)(=O)c1ccc(C#N)cc1. The van der Waals surface area contributed by atoms with Crippen molar-refractivity contribution in [2.75, 3.05) is 4.72 Å². The molecule has 1 aromatic heterocycles. The molecule has 0 unspecified atom stereocenters. The van der Waals surface area contributed by atoms with Gasteiger partial charge in [0.25, 0.3) is 10.0 Å². The Kier molecular flexibility index (Phi) is 3.49. The van der Waals surface area contributed by atoms with Gasteiger partial charge in [0.1, 0.15) is 0 Å². The molecule has 1 aromatic carbocycles. The van der Waals surface area contributed by atoms with Crippen LogP contribution >= 0.6 is 0 Å². The Hall–Kier alpha value is -2.39. The zero-order chi connectivity index (χ0) is 13.9. The summed E-state index contributed by atoms with van der Waals surface area (Å²) in [5.41, 5.74) is 1.45. The zero-order valence-electron chi connectivity index (χ0n) is 10.2. The Labute approximate surface area is 111 Å². The fourth-order valence-corrected chi connectivity index (χ4v) is 2.62. The minimum absolute atomic E-state index is 0.106. The molecular formula is C13H11N3O2S. The maximum atomic E-state index is 12.1. The summed E-state index contributed by atoms with van der Waals surface area (Å²) >= 11 is 0. The van der Waals surface area contributed by atoms with Gasteiger partial charge in [0, 0.05) is 6.20 Å². The molecule has 0 spiro atoms. The van der Waals surface area contributed by atoms with Crippen molar-refractivity contribution >= 4 is 15.7 Å². The van der Waals surface area contributed by atoms with Crippen molar-refractivity contribution in [1.29, 1.82) is 5.26 Å². The van der Waals surface area contributed by atoms with E-state index in [2.05, 4.69) is 9.71 Å². The van der Waals surface area contributed by atoms with Gasteiger partial charge in [-0.05, 0) is 43.3 Å². The van der Waals surface area contributed by atoms with Crippen LogP contribution in [0.2, 0.25) is 0 Å². The summed E-state index contributed by atoms with van der Waals surface area (Å²) < 4.78 is 26.7. The summed E-state index contributed by atoms with van der Waals surface area (Å²) in [4.78, 5) is 4.12. The van der Waals surface area contributed by atoms with Gasteiger partial charge in [-0.25, -0.2) is 8.42 Å². The predicted octanol–water partition coefficient (Wildman–Crippen LogP) is 2.06. The van der Waals surface area contributed by atoms with E-state index in [1.807, 2.05) is 6.07 Å². The number of hydrogen-bond acceptors (Lipinski definition) is 4. The van der Waals surface area contributed by atoms with Gasteiger partial charge in [0.05, 0.1) is 27.9 Å². The number of nitriles is 1. The number of nitrogens with one attached hydrogen (secondary N) is 1. The summed E-state index contributed by atoms with van der Waals surface area (Å²) in [7, 11) is -3.66. The van der Waals surface area contributed by atoms with Crippen LogP contribution in [0.25, 0.3) is 0 Å². The van der Waals surface area contributed by atoms with Gasteiger partial charge < -0.3 is 0 Å². The fraction of sp³-hybridized carbons (Fsp3) is 0.0769. The Morgan fingerprint density at radius 3 is 2.47 bits per heavy atom. The van der Waals surface area contributed by atoms with Crippen molar-refractivity contribution in [1.82, 2.24) is 4.98 Å². The Bertz CT molecular complexity index is 731. The molecule has 2 rings (SSSR count). The van der Waals surface area contributed by atoms with Gasteiger partial charge in [0.15, 0.2) is 0 Å². The first-order valence-electron chi connectivity index (χ1n) is 5.47. The van der Waals surface area contributed by atoms with Crippen molar-refractivity contribution in [3.63, 3.8) is 0 Å². The van der Waals surface area contributed by atoms with Crippen LogP contribution in [0.3, 0.4) is 0 Å². The first kappa shape index (κ1) is 13.1. The minimum Gasteiger partial charge on any atom is -0.278 e. The monoisotopic (exact) mass is 273 g/mol. The lowest BCUT2D eigenvalue weighted by Gasteiger charge is -2.09. The number of hydrogen-bond donors (Lipinski definition) is 1. The number of aromatic nitrogens is 1. The molecule has 0 bridgehead atoms. The van der Waals surface area contributed by atoms with Crippen LogP contribution in [0.15, 0.2) is 47.5 Å². The van der Waals surface area contributed by atoms with Crippen LogP contribution in [-0.2, 0) is 10.0 Å². The second-order valence-electron chi connectivity index (χ2n) is 3.88. The molecule has 6 heteroatoms. The number of pyridine rings is 1. The summed E-state index contributed by atoms with van der Waals surface area (Å²) in [5, 5.41) is 8.68. The number of benzene rings is 1. The van der Waals surface area contributed by atoms with Gasteiger partial charge in [-0.3, -0.25) is 9.71 Å². The lowest BCUT2D eigenvalue weighted by Crippen LogP contribution is -2.14. The van der Waals surface area contributed by atoms with E-state index in [1.54, 1.807) is 25.3 Å². The molecule has 2 aromatic rings. The molecule has 0 aliphatic heterocycles. The quantitative estimate of drug-likeness (QED) is 0.927. The van der Waals surface area contributed by atoms with E-state index >= 15 is 0 Å². The van der Waals surface area contributed by atoms with E-state index in [9.17, 15) is 8.42 Å². The zero-order valence-corrected chi connectivity index (χ0v) is 11.0. The molecule has 0 saturated heterocycles. The van der Waals surface area contributed by atoms with Crippen molar-refractivity contribution in [3.05, 3.63) is 53.9 Å². The third-order valence-corrected chi connectivity index (χ3v) is 3.93. The van der Waals surface area contributed by atoms with E-state index < -0.39 is 10.0 Å². The van der Waals surface area contributed by atoms with Crippen molar-refractivity contribution in [2.45, 2.75) is 11.8 Å². The minimum atomic E-state index is -3.66. The van der Waals surface area contributed by atoms with Crippen LogP contribution in [-0.4, -0.2) is 13.4 Å². The summed E-state index contributed by atoms with van der Waals surface area (Å²) in [6.07, 6.45) is 1.59. The van der Waals surface area contributed by atoms with Gasteiger partial charge in [-0.15, -0.1) is 0 Å². The standard InChI is InChI=1S/C13H11N3O2S/c1-10-13(3-2-8-15-10)16-19(17,18)12-6-4-11(9-14)5-7-12/h2-8,16H,1H3. The molecule has 0 radical (unpaired) electrons. The predicted molar refractivity (Wildman–Crippen MR) is 70.9 cm³/mol. The maximum Gasteiger partial charge on any atom is 0.261 e. The van der Waals surface area contributed by atoms with Crippen molar-refractivity contribution < 1.29 is 8.42 Å². The molecule has 0 aliphatic carbocycles. The molecule has 1 N–H and O–H groups in total. The smallest absolute Gasteiger partial charge is 0.261 e. The maximum absolute atomic E-state index is 12.1. The van der Waals surface area contributed by atoms with E-state index in [0.717, 1.165) is 0 Å². The van der Waals surface area contributed by atoms with Crippen molar-refractivity contribution in [3.8, 4) is 6.07 Å². The largest absolute Gasteiger partial charge is 0.278 e. The lowest BCUT2D eigenvalue weighted by molar-refractivity contribution is 0.601. The Morgan fingerprint density at radius 2 is 1.89 bits per heavy atom.